The summed E-state index contributed by atoms with van der Waals surface area (Å²) < 4.78 is 0. The molecule has 0 unspecified atom stereocenters. The van der Waals surface area contributed by atoms with Crippen molar-refractivity contribution < 1.29 is 4.79 Å². The topological polar surface area (TPSA) is 17.1 Å². The maximum Gasteiger partial charge on any atom is 0.221 e. The Labute approximate surface area is 118 Å². The van der Waals surface area contributed by atoms with Crippen molar-refractivity contribution >= 4 is 16.8 Å². The molecule has 1 saturated carbocycles. The fourth-order valence-electron chi connectivity index (χ4n) is 3.06. The molecule has 1 rings (SSSR count). The first-order valence-corrected chi connectivity index (χ1v) is 8.35. The summed E-state index contributed by atoms with van der Waals surface area (Å²) in [5.41, 5.74) is 0. The molecule has 18 heavy (non-hydrogen) atoms. The molecular weight excluding hydrogens is 244 g/mol. The molecule has 0 spiro atoms. The monoisotopic (exact) mass is 272 g/mol. The van der Waals surface area contributed by atoms with Gasteiger partial charge in [0, 0.05) is 6.42 Å². The van der Waals surface area contributed by atoms with Gasteiger partial charge in [-0.3, -0.25) is 4.79 Å². The van der Waals surface area contributed by atoms with Gasteiger partial charge in [-0.25, -0.2) is 0 Å². The van der Waals surface area contributed by atoms with Crippen LogP contribution >= 0.6 is 11.6 Å². The molecule has 0 radical (unpaired) electrons. The van der Waals surface area contributed by atoms with Crippen LogP contribution < -0.4 is 0 Å². The summed E-state index contributed by atoms with van der Waals surface area (Å²) in [4.78, 5) is 10.5. The van der Waals surface area contributed by atoms with Gasteiger partial charge in [-0.15, -0.1) is 0 Å². The zero-order valence-corrected chi connectivity index (χ0v) is 12.5. The molecule has 1 fully saturated rings. The van der Waals surface area contributed by atoms with E-state index in [-0.39, 0.29) is 5.24 Å². The van der Waals surface area contributed by atoms with Gasteiger partial charge < -0.3 is 0 Å². The van der Waals surface area contributed by atoms with E-state index in [4.69, 9.17) is 11.6 Å². The summed E-state index contributed by atoms with van der Waals surface area (Å²) in [6, 6.07) is 0. The Kier molecular flexibility index (Phi) is 9.65. The van der Waals surface area contributed by atoms with Crippen molar-refractivity contribution in [3.63, 3.8) is 0 Å². The van der Waals surface area contributed by atoms with E-state index in [0.717, 1.165) is 12.3 Å². The first-order chi connectivity index (χ1) is 8.79. The van der Waals surface area contributed by atoms with Crippen LogP contribution in [0.5, 0.6) is 0 Å². The van der Waals surface area contributed by atoms with Gasteiger partial charge >= 0.3 is 0 Å². The molecule has 0 aromatic rings. The van der Waals surface area contributed by atoms with Gasteiger partial charge in [-0.05, 0) is 23.9 Å². The van der Waals surface area contributed by atoms with Crippen LogP contribution in [0.1, 0.15) is 89.9 Å². The van der Waals surface area contributed by atoms with Crippen LogP contribution in [0.15, 0.2) is 0 Å². The molecule has 0 aliphatic heterocycles. The number of rotatable bonds is 11. The Morgan fingerprint density at radius 1 is 0.833 bits per heavy atom. The molecule has 1 aliphatic rings. The third-order valence-corrected chi connectivity index (χ3v) is 4.40. The molecule has 0 bridgehead atoms. The van der Waals surface area contributed by atoms with Crippen molar-refractivity contribution in [3.8, 4) is 0 Å². The van der Waals surface area contributed by atoms with Gasteiger partial charge in [-0.2, -0.15) is 0 Å². The van der Waals surface area contributed by atoms with Gasteiger partial charge in [0.05, 0.1) is 0 Å². The van der Waals surface area contributed by atoms with Crippen molar-refractivity contribution in [1.82, 2.24) is 0 Å². The van der Waals surface area contributed by atoms with E-state index in [1.54, 1.807) is 0 Å². The van der Waals surface area contributed by atoms with Crippen LogP contribution in [0.2, 0.25) is 0 Å². The minimum atomic E-state index is -0.179. The highest BCUT2D eigenvalue weighted by atomic mass is 35.5. The molecule has 0 aromatic carbocycles. The predicted molar refractivity (Wildman–Crippen MR) is 79.0 cm³/mol. The second-order valence-electron chi connectivity index (χ2n) is 5.87. The lowest BCUT2D eigenvalue weighted by molar-refractivity contribution is -0.111. The van der Waals surface area contributed by atoms with Crippen LogP contribution in [0, 0.1) is 5.92 Å². The average Bonchev–Trinajstić information content (AvgIpc) is 2.84. The summed E-state index contributed by atoms with van der Waals surface area (Å²) in [5.74, 6) is 1.07. The lowest BCUT2D eigenvalue weighted by Gasteiger charge is -2.07. The molecule has 0 aromatic heterocycles. The summed E-state index contributed by atoms with van der Waals surface area (Å²) >= 11 is 5.29. The number of carbonyl (C=O) groups excluding carboxylic acids is 1. The number of halogens is 1. The summed E-state index contributed by atoms with van der Waals surface area (Å²) in [6.45, 7) is 0. The van der Waals surface area contributed by atoms with Crippen molar-refractivity contribution in [1.29, 1.82) is 0 Å². The Hall–Kier alpha value is -0.0400. The average molecular weight is 273 g/mol. The van der Waals surface area contributed by atoms with Crippen LogP contribution in [0.4, 0.5) is 0 Å². The van der Waals surface area contributed by atoms with Crippen LogP contribution in [0.25, 0.3) is 0 Å². The quantitative estimate of drug-likeness (QED) is 0.341. The van der Waals surface area contributed by atoms with E-state index in [2.05, 4.69) is 0 Å². The van der Waals surface area contributed by atoms with Crippen molar-refractivity contribution in [3.05, 3.63) is 0 Å². The molecule has 0 heterocycles. The number of carbonyl (C=O) groups is 1. The normalized spacial score (nSPS) is 16.3. The SMILES string of the molecule is O=C(Cl)CCCCCCCCCCC1CCCC1. The van der Waals surface area contributed by atoms with E-state index in [1.165, 1.54) is 77.0 Å². The fourth-order valence-corrected chi connectivity index (χ4v) is 3.19. The fraction of sp³-hybridized carbons (Fsp3) is 0.938. The highest BCUT2D eigenvalue weighted by Crippen LogP contribution is 2.29. The van der Waals surface area contributed by atoms with Gasteiger partial charge in [-0.1, -0.05) is 77.0 Å². The minimum Gasteiger partial charge on any atom is -0.281 e. The Bertz CT molecular complexity index is 209. The third-order valence-electron chi connectivity index (χ3n) is 4.21. The summed E-state index contributed by atoms with van der Waals surface area (Å²) in [5, 5.41) is -0.179. The molecule has 0 N–H and O–H groups in total. The lowest BCUT2D eigenvalue weighted by Crippen LogP contribution is -1.92. The van der Waals surface area contributed by atoms with Gasteiger partial charge in [0.1, 0.15) is 0 Å². The maximum atomic E-state index is 10.5. The van der Waals surface area contributed by atoms with Crippen LogP contribution in [0.3, 0.4) is 0 Å². The number of unbranched alkanes of at least 4 members (excludes halogenated alkanes) is 7. The second-order valence-corrected chi connectivity index (χ2v) is 6.29. The molecule has 2 heteroatoms. The first kappa shape index (κ1) is 16.0. The lowest BCUT2D eigenvalue weighted by atomic mass is 9.99. The Morgan fingerprint density at radius 2 is 1.33 bits per heavy atom. The maximum absolute atomic E-state index is 10.5. The van der Waals surface area contributed by atoms with Gasteiger partial charge in [0.15, 0.2) is 0 Å². The molecule has 1 nitrogen and oxygen atoms in total. The minimum absolute atomic E-state index is 0.179. The highest BCUT2D eigenvalue weighted by Gasteiger charge is 2.13. The highest BCUT2D eigenvalue weighted by molar-refractivity contribution is 6.63. The van der Waals surface area contributed by atoms with Crippen molar-refractivity contribution in [2.24, 2.45) is 5.92 Å². The van der Waals surface area contributed by atoms with E-state index < -0.39 is 0 Å². The van der Waals surface area contributed by atoms with E-state index in [1.807, 2.05) is 0 Å². The molecule has 106 valence electrons. The van der Waals surface area contributed by atoms with Crippen molar-refractivity contribution in [2.45, 2.75) is 89.9 Å². The van der Waals surface area contributed by atoms with Crippen LogP contribution in [-0.2, 0) is 4.79 Å². The van der Waals surface area contributed by atoms with E-state index in [9.17, 15) is 4.79 Å². The second kappa shape index (κ2) is 10.8. The largest absolute Gasteiger partial charge is 0.281 e. The molecule has 1 aliphatic carbocycles. The number of hydrogen-bond acceptors (Lipinski definition) is 1. The molecule has 0 saturated heterocycles. The third kappa shape index (κ3) is 8.97. The van der Waals surface area contributed by atoms with Gasteiger partial charge in [0.2, 0.25) is 5.24 Å². The smallest absolute Gasteiger partial charge is 0.221 e. The zero-order chi connectivity index (χ0) is 13.1. The standard InChI is InChI=1S/C16H29ClO/c17-16(18)14-8-6-4-2-1-3-5-7-11-15-12-9-10-13-15/h15H,1-14H2. The van der Waals surface area contributed by atoms with Crippen molar-refractivity contribution in [2.75, 3.05) is 0 Å². The molecular formula is C16H29ClO. The number of hydrogen-bond donors (Lipinski definition) is 0. The Morgan fingerprint density at radius 3 is 1.89 bits per heavy atom. The zero-order valence-electron chi connectivity index (χ0n) is 11.8. The predicted octanol–water partition coefficient (Wildman–Crippen LogP) is 5.84. The molecule has 0 amide bonds. The Balaban J connectivity index is 1.72. The van der Waals surface area contributed by atoms with E-state index >= 15 is 0 Å². The van der Waals surface area contributed by atoms with Gasteiger partial charge in [0.25, 0.3) is 0 Å². The summed E-state index contributed by atoms with van der Waals surface area (Å²) in [7, 11) is 0. The molecule has 0 atom stereocenters. The van der Waals surface area contributed by atoms with Crippen LogP contribution in [-0.4, -0.2) is 5.24 Å². The van der Waals surface area contributed by atoms with E-state index in [0.29, 0.717) is 6.42 Å². The first-order valence-electron chi connectivity index (χ1n) is 7.97. The summed E-state index contributed by atoms with van der Waals surface area (Å²) in [6.07, 6.45) is 18.4.